The molecule has 0 saturated heterocycles. The highest BCUT2D eigenvalue weighted by atomic mass is 35.5. The van der Waals surface area contributed by atoms with E-state index < -0.39 is 5.72 Å². The van der Waals surface area contributed by atoms with Crippen molar-refractivity contribution in [2.24, 2.45) is 11.0 Å². The third-order valence-electron chi connectivity index (χ3n) is 3.67. The van der Waals surface area contributed by atoms with Gasteiger partial charge in [0.15, 0.2) is 5.72 Å². The second-order valence-corrected chi connectivity index (χ2v) is 5.20. The first-order chi connectivity index (χ1) is 8.61. The highest BCUT2D eigenvalue weighted by Gasteiger charge is 2.51. The van der Waals surface area contributed by atoms with Gasteiger partial charge in [0.2, 0.25) is 0 Å². The number of fused-ring (bicyclic) bond motifs is 1. The lowest BCUT2D eigenvalue weighted by Crippen LogP contribution is -2.47. The Bertz CT molecular complexity index is 514. The predicted octanol–water partition coefficient (Wildman–Crippen LogP) is 2.27. The molecular formula is C13H13ClN2O2. The van der Waals surface area contributed by atoms with Crippen molar-refractivity contribution in [3.05, 3.63) is 34.9 Å². The van der Waals surface area contributed by atoms with E-state index in [1.165, 1.54) is 5.01 Å². The van der Waals surface area contributed by atoms with Crippen molar-refractivity contribution in [2.45, 2.75) is 25.0 Å². The molecule has 2 unspecified atom stereocenters. The molecule has 2 atom stereocenters. The first kappa shape index (κ1) is 11.7. The molecule has 1 aliphatic heterocycles. The predicted molar refractivity (Wildman–Crippen MR) is 68.4 cm³/mol. The molecule has 0 aromatic heterocycles. The van der Waals surface area contributed by atoms with Gasteiger partial charge < -0.3 is 5.11 Å². The van der Waals surface area contributed by atoms with E-state index in [0.717, 1.165) is 12.8 Å². The lowest BCUT2D eigenvalue weighted by Gasteiger charge is -2.30. The average Bonchev–Trinajstić information content (AvgIpc) is 2.85. The molecule has 2 aliphatic rings. The summed E-state index contributed by atoms with van der Waals surface area (Å²) < 4.78 is 0. The molecule has 94 valence electrons. The van der Waals surface area contributed by atoms with Crippen LogP contribution in [0.5, 0.6) is 0 Å². The number of rotatable bonds is 1. The molecule has 18 heavy (non-hydrogen) atoms. The minimum Gasteiger partial charge on any atom is -0.368 e. The van der Waals surface area contributed by atoms with Crippen LogP contribution in [0, 0.1) is 5.92 Å². The van der Waals surface area contributed by atoms with Gasteiger partial charge in [-0.25, -0.2) is 0 Å². The lowest BCUT2D eigenvalue weighted by atomic mass is 10.0. The molecule has 0 spiro atoms. The van der Waals surface area contributed by atoms with Crippen LogP contribution in [-0.4, -0.2) is 28.0 Å². The highest BCUT2D eigenvalue weighted by Crippen LogP contribution is 2.41. The number of carbonyl (C=O) groups is 1. The van der Waals surface area contributed by atoms with E-state index in [-0.39, 0.29) is 11.8 Å². The van der Waals surface area contributed by atoms with Gasteiger partial charge in [-0.15, -0.1) is 0 Å². The van der Waals surface area contributed by atoms with Crippen LogP contribution >= 0.6 is 11.6 Å². The Balaban J connectivity index is 1.89. The largest absolute Gasteiger partial charge is 0.368 e. The van der Waals surface area contributed by atoms with Crippen molar-refractivity contribution in [1.29, 1.82) is 0 Å². The van der Waals surface area contributed by atoms with Crippen molar-refractivity contribution in [3.63, 3.8) is 0 Å². The van der Waals surface area contributed by atoms with Crippen LogP contribution in [0.2, 0.25) is 5.02 Å². The van der Waals surface area contributed by atoms with Crippen LogP contribution in [0.15, 0.2) is 29.4 Å². The molecule has 1 aromatic rings. The summed E-state index contributed by atoms with van der Waals surface area (Å²) in [4.78, 5) is 12.3. The van der Waals surface area contributed by atoms with Gasteiger partial charge in [-0.1, -0.05) is 11.6 Å². The van der Waals surface area contributed by atoms with Gasteiger partial charge >= 0.3 is 0 Å². The Morgan fingerprint density at radius 1 is 1.44 bits per heavy atom. The molecule has 4 nitrogen and oxygen atoms in total. The summed E-state index contributed by atoms with van der Waals surface area (Å²) in [6.45, 7) is 0. The minimum atomic E-state index is -1.13. The van der Waals surface area contributed by atoms with Gasteiger partial charge in [0.05, 0.1) is 0 Å². The van der Waals surface area contributed by atoms with Crippen molar-refractivity contribution >= 4 is 23.7 Å². The van der Waals surface area contributed by atoms with Crippen molar-refractivity contribution in [1.82, 2.24) is 5.01 Å². The molecule has 1 aliphatic carbocycles. The van der Waals surface area contributed by atoms with Gasteiger partial charge in [-0.2, -0.15) is 10.1 Å². The fourth-order valence-electron chi connectivity index (χ4n) is 2.65. The van der Waals surface area contributed by atoms with Crippen molar-refractivity contribution in [2.75, 3.05) is 0 Å². The Hall–Kier alpha value is -1.39. The number of amides is 1. The third kappa shape index (κ3) is 1.64. The number of hydrogen-bond donors (Lipinski definition) is 1. The summed E-state index contributed by atoms with van der Waals surface area (Å²) >= 11 is 5.79. The molecule has 1 fully saturated rings. The summed E-state index contributed by atoms with van der Waals surface area (Å²) in [6, 6.07) is 6.60. The van der Waals surface area contributed by atoms with Crippen LogP contribution in [0.1, 0.15) is 29.6 Å². The maximum Gasteiger partial charge on any atom is 0.276 e. The van der Waals surface area contributed by atoms with Gasteiger partial charge in [0, 0.05) is 22.7 Å². The summed E-state index contributed by atoms with van der Waals surface area (Å²) in [6.07, 6.45) is 4.06. The number of benzene rings is 1. The Labute approximate surface area is 110 Å². The fraction of sp³-hybridized carbons (Fsp3) is 0.385. The zero-order valence-electron chi connectivity index (χ0n) is 9.71. The molecule has 1 saturated carbocycles. The molecule has 0 bridgehead atoms. The first-order valence-corrected chi connectivity index (χ1v) is 6.36. The summed E-state index contributed by atoms with van der Waals surface area (Å²) in [7, 11) is 0. The summed E-state index contributed by atoms with van der Waals surface area (Å²) in [5.74, 6) is -0.316. The van der Waals surface area contributed by atoms with Gasteiger partial charge in [0.1, 0.15) is 0 Å². The number of aliphatic hydroxyl groups is 1. The van der Waals surface area contributed by atoms with Gasteiger partial charge in [-0.05, 0) is 43.5 Å². The first-order valence-electron chi connectivity index (χ1n) is 5.98. The average molecular weight is 265 g/mol. The SMILES string of the molecule is O=C(c1ccc(Cl)cc1)N1N=CC2CCCC21O. The van der Waals surface area contributed by atoms with Gasteiger partial charge in [0.25, 0.3) is 5.91 Å². The molecule has 5 heteroatoms. The fourth-order valence-corrected chi connectivity index (χ4v) is 2.77. The van der Waals surface area contributed by atoms with Crippen LogP contribution in [-0.2, 0) is 0 Å². The molecule has 1 N–H and O–H groups in total. The van der Waals surface area contributed by atoms with Crippen LogP contribution in [0.3, 0.4) is 0 Å². The lowest BCUT2D eigenvalue weighted by molar-refractivity contribution is -0.0841. The topological polar surface area (TPSA) is 52.9 Å². The van der Waals surface area contributed by atoms with Crippen LogP contribution in [0.4, 0.5) is 0 Å². The summed E-state index contributed by atoms with van der Waals surface area (Å²) in [5.41, 5.74) is -0.644. The number of halogens is 1. The zero-order valence-corrected chi connectivity index (χ0v) is 10.5. The Kier molecular flexibility index (Phi) is 2.64. The Morgan fingerprint density at radius 2 is 2.17 bits per heavy atom. The van der Waals surface area contributed by atoms with E-state index >= 15 is 0 Å². The number of hydrogen-bond acceptors (Lipinski definition) is 3. The van der Waals surface area contributed by atoms with Crippen LogP contribution in [0.25, 0.3) is 0 Å². The van der Waals surface area contributed by atoms with E-state index in [2.05, 4.69) is 5.10 Å². The zero-order chi connectivity index (χ0) is 12.8. The smallest absolute Gasteiger partial charge is 0.276 e. The number of carbonyl (C=O) groups excluding carboxylic acids is 1. The van der Waals surface area contributed by atoms with Crippen molar-refractivity contribution < 1.29 is 9.90 Å². The van der Waals surface area contributed by atoms with E-state index in [1.54, 1.807) is 30.5 Å². The van der Waals surface area contributed by atoms with Crippen LogP contribution < -0.4 is 0 Å². The highest BCUT2D eigenvalue weighted by molar-refractivity contribution is 6.30. The monoisotopic (exact) mass is 264 g/mol. The number of nitrogens with zero attached hydrogens (tertiary/aromatic N) is 2. The minimum absolute atomic E-state index is 0.0336. The second-order valence-electron chi connectivity index (χ2n) is 4.77. The molecule has 3 rings (SSSR count). The summed E-state index contributed by atoms with van der Waals surface area (Å²) in [5, 5.41) is 16.4. The van der Waals surface area contributed by atoms with Crippen molar-refractivity contribution in [3.8, 4) is 0 Å². The van der Waals surface area contributed by atoms with E-state index in [1.807, 2.05) is 0 Å². The quantitative estimate of drug-likeness (QED) is 0.846. The van der Waals surface area contributed by atoms with E-state index in [9.17, 15) is 9.90 Å². The Morgan fingerprint density at radius 3 is 2.89 bits per heavy atom. The molecule has 1 heterocycles. The standard InChI is InChI=1S/C13H13ClN2O2/c14-11-5-3-9(4-6-11)12(17)16-13(18)7-1-2-10(13)8-15-16/h3-6,8,10,18H,1-2,7H2. The molecule has 1 aromatic carbocycles. The maximum atomic E-state index is 12.3. The maximum absolute atomic E-state index is 12.3. The number of hydrazone groups is 1. The van der Waals surface area contributed by atoms with Gasteiger partial charge in [-0.3, -0.25) is 4.79 Å². The molecule has 0 radical (unpaired) electrons. The van der Waals surface area contributed by atoms with E-state index in [4.69, 9.17) is 11.6 Å². The normalized spacial score (nSPS) is 29.7. The molecular weight excluding hydrogens is 252 g/mol. The van der Waals surface area contributed by atoms with E-state index in [0.29, 0.717) is 17.0 Å². The second kappa shape index (κ2) is 4.07. The molecule has 1 amide bonds. The third-order valence-corrected chi connectivity index (χ3v) is 3.92.